The average molecular weight is 497 g/mol. The summed E-state index contributed by atoms with van der Waals surface area (Å²) in [6, 6.07) is 10.6. The van der Waals surface area contributed by atoms with Gasteiger partial charge < -0.3 is 28.5 Å². The number of aromatic nitrogens is 2. The van der Waals surface area contributed by atoms with E-state index in [2.05, 4.69) is 46.6 Å². The Kier molecular flexibility index (Phi) is 7.43. The number of benzene rings is 1. The Bertz CT molecular complexity index is 896. The third kappa shape index (κ3) is 4.45. The molecular weight excluding hydrogens is 467 g/mol. The molecular formula is C23H30ClIN2. The van der Waals surface area contributed by atoms with Crippen LogP contribution in [-0.2, 0) is 13.6 Å². The zero-order valence-electron chi connectivity index (χ0n) is 16.3. The number of hydrogen-bond acceptors (Lipinski definition) is 0. The molecule has 2 aromatic heterocycles. The number of halogens is 2. The van der Waals surface area contributed by atoms with Crippen LogP contribution in [0.4, 0.5) is 0 Å². The van der Waals surface area contributed by atoms with Crippen LogP contribution < -0.4 is 28.5 Å². The Balaban J connectivity index is 0.00000210. The first-order chi connectivity index (χ1) is 12.8. The molecule has 1 saturated carbocycles. The van der Waals surface area contributed by atoms with Crippen LogP contribution in [0.15, 0.2) is 36.5 Å². The van der Waals surface area contributed by atoms with E-state index in [-0.39, 0.29) is 24.0 Å². The fraction of sp³-hybridized carbons (Fsp3) is 0.522. The van der Waals surface area contributed by atoms with Gasteiger partial charge in [-0.05, 0) is 30.5 Å². The zero-order valence-corrected chi connectivity index (χ0v) is 19.2. The van der Waals surface area contributed by atoms with Gasteiger partial charge in [0.2, 0.25) is 5.52 Å². The number of aryl methyl sites for hydroxylation is 2. The summed E-state index contributed by atoms with van der Waals surface area (Å²) in [4.78, 5) is 0. The molecule has 0 atom stereocenters. The summed E-state index contributed by atoms with van der Waals surface area (Å²) in [7, 11) is 2.12. The highest BCUT2D eigenvalue weighted by atomic mass is 127. The monoisotopic (exact) mass is 496 g/mol. The van der Waals surface area contributed by atoms with Crippen LogP contribution in [0, 0.1) is 5.92 Å². The van der Waals surface area contributed by atoms with Gasteiger partial charge >= 0.3 is 0 Å². The number of para-hydroxylation sites is 1. The van der Waals surface area contributed by atoms with Crippen molar-refractivity contribution in [3.63, 3.8) is 0 Å². The van der Waals surface area contributed by atoms with Crippen LogP contribution in [-0.4, -0.2) is 4.57 Å². The molecule has 0 spiro atoms. The molecule has 0 N–H and O–H groups in total. The smallest absolute Gasteiger partial charge is 0.238 e. The topological polar surface area (TPSA) is 8.81 Å². The third-order valence-corrected chi connectivity index (χ3v) is 6.49. The Labute approximate surface area is 184 Å². The number of pyridine rings is 1. The van der Waals surface area contributed by atoms with E-state index in [1.165, 1.54) is 79.7 Å². The maximum absolute atomic E-state index is 6.60. The Hall–Kier alpha value is -0.810. The molecule has 27 heavy (non-hydrogen) atoms. The van der Waals surface area contributed by atoms with E-state index in [4.69, 9.17) is 11.6 Å². The number of rotatable bonds is 6. The lowest BCUT2D eigenvalue weighted by atomic mass is 9.85. The maximum Gasteiger partial charge on any atom is 0.238 e. The van der Waals surface area contributed by atoms with E-state index in [1.54, 1.807) is 0 Å². The van der Waals surface area contributed by atoms with Gasteiger partial charge in [-0.3, -0.25) is 0 Å². The van der Waals surface area contributed by atoms with E-state index >= 15 is 0 Å². The molecule has 0 amide bonds. The molecule has 3 aromatic rings. The van der Waals surface area contributed by atoms with Crippen molar-refractivity contribution >= 4 is 33.5 Å². The highest BCUT2D eigenvalue weighted by Gasteiger charge is 2.19. The summed E-state index contributed by atoms with van der Waals surface area (Å²) < 4.78 is 4.65. The Morgan fingerprint density at radius 3 is 2.67 bits per heavy atom. The van der Waals surface area contributed by atoms with Gasteiger partial charge in [0.05, 0.1) is 15.9 Å². The van der Waals surface area contributed by atoms with E-state index in [9.17, 15) is 0 Å². The normalized spacial score (nSPS) is 15.3. The molecule has 0 bridgehead atoms. The van der Waals surface area contributed by atoms with Crippen LogP contribution in [0.2, 0.25) is 5.02 Å². The second-order valence-electron chi connectivity index (χ2n) is 7.99. The van der Waals surface area contributed by atoms with Crippen molar-refractivity contribution in [2.75, 3.05) is 0 Å². The summed E-state index contributed by atoms with van der Waals surface area (Å²) in [5.41, 5.74) is 3.77. The molecule has 4 heteroatoms. The van der Waals surface area contributed by atoms with E-state index < -0.39 is 0 Å². The molecule has 0 radical (unpaired) electrons. The molecule has 2 nitrogen and oxygen atoms in total. The van der Waals surface area contributed by atoms with Crippen molar-refractivity contribution in [1.29, 1.82) is 0 Å². The summed E-state index contributed by atoms with van der Waals surface area (Å²) in [6.45, 7) is 1.05. The summed E-state index contributed by atoms with van der Waals surface area (Å²) in [5.74, 6) is 1.01. The molecule has 1 aromatic carbocycles. The lowest BCUT2D eigenvalue weighted by Crippen LogP contribution is -3.00. The zero-order chi connectivity index (χ0) is 17.9. The van der Waals surface area contributed by atoms with Gasteiger partial charge in [-0.1, -0.05) is 69.0 Å². The highest BCUT2D eigenvalue weighted by molar-refractivity contribution is 6.36. The molecule has 0 aliphatic heterocycles. The van der Waals surface area contributed by atoms with Crippen LogP contribution in [0.1, 0.15) is 57.8 Å². The number of nitrogens with zero attached hydrogens (tertiary/aromatic N) is 2. The minimum absolute atomic E-state index is 0. The van der Waals surface area contributed by atoms with E-state index in [1.807, 2.05) is 6.07 Å². The molecule has 2 heterocycles. The SMILES string of the molecule is C[n+]1cccc2c1c1cccc(Cl)c1n2CCCCCC1CCCCC1.[I-]. The van der Waals surface area contributed by atoms with Gasteiger partial charge in [0.1, 0.15) is 12.6 Å². The number of fused-ring (bicyclic) bond motifs is 3. The van der Waals surface area contributed by atoms with Crippen LogP contribution in [0.3, 0.4) is 0 Å². The number of hydrogen-bond donors (Lipinski definition) is 0. The van der Waals surface area contributed by atoms with Crippen LogP contribution in [0.5, 0.6) is 0 Å². The predicted octanol–water partition coefficient (Wildman–Crippen LogP) is 3.42. The molecule has 0 saturated heterocycles. The molecule has 1 aliphatic rings. The second-order valence-corrected chi connectivity index (χ2v) is 8.40. The van der Waals surface area contributed by atoms with Gasteiger partial charge in [-0.15, -0.1) is 0 Å². The van der Waals surface area contributed by atoms with Crippen molar-refractivity contribution in [1.82, 2.24) is 4.57 Å². The van der Waals surface area contributed by atoms with Gasteiger partial charge in [-0.25, -0.2) is 0 Å². The quantitative estimate of drug-likeness (QED) is 0.281. The largest absolute Gasteiger partial charge is 1.00 e. The standard InChI is InChI=1S/C23H30ClN2.HI/c1-25-16-9-15-21-23(25)19-13-8-14-20(24)22(19)26(21)17-7-3-6-12-18-10-4-2-5-11-18;/h8-9,13-16,18H,2-7,10-12,17H2,1H3;1H/q+1;/p-1. The summed E-state index contributed by atoms with van der Waals surface area (Å²) >= 11 is 6.60. The third-order valence-electron chi connectivity index (χ3n) is 6.18. The predicted molar refractivity (Wildman–Crippen MR) is 111 cm³/mol. The Morgan fingerprint density at radius 2 is 1.85 bits per heavy atom. The van der Waals surface area contributed by atoms with Gasteiger partial charge in [-0.2, -0.15) is 4.57 Å². The minimum Gasteiger partial charge on any atom is -1.00 e. The molecule has 146 valence electrons. The van der Waals surface area contributed by atoms with Gasteiger partial charge in [0.15, 0.2) is 6.20 Å². The molecule has 4 rings (SSSR count). The van der Waals surface area contributed by atoms with Crippen molar-refractivity contribution in [2.45, 2.75) is 64.3 Å². The molecule has 1 aliphatic carbocycles. The first-order valence-corrected chi connectivity index (χ1v) is 10.7. The van der Waals surface area contributed by atoms with Crippen LogP contribution >= 0.6 is 11.6 Å². The fourth-order valence-electron chi connectivity index (χ4n) is 4.83. The average Bonchev–Trinajstić information content (AvgIpc) is 2.99. The summed E-state index contributed by atoms with van der Waals surface area (Å²) in [5, 5.41) is 2.12. The first kappa shape index (κ1) is 20.9. The molecule has 1 fully saturated rings. The van der Waals surface area contributed by atoms with E-state index in [0.717, 1.165) is 17.5 Å². The lowest BCUT2D eigenvalue weighted by molar-refractivity contribution is -0.644. The maximum atomic E-state index is 6.60. The second kappa shape index (κ2) is 9.60. The van der Waals surface area contributed by atoms with Crippen molar-refractivity contribution < 1.29 is 28.5 Å². The van der Waals surface area contributed by atoms with Crippen LogP contribution in [0.25, 0.3) is 21.9 Å². The van der Waals surface area contributed by atoms with Gasteiger partial charge in [0, 0.05) is 12.6 Å². The fourth-order valence-corrected chi connectivity index (χ4v) is 5.11. The van der Waals surface area contributed by atoms with Crippen molar-refractivity contribution in [2.24, 2.45) is 13.0 Å². The minimum atomic E-state index is 0. The highest BCUT2D eigenvalue weighted by Crippen LogP contribution is 2.32. The lowest BCUT2D eigenvalue weighted by Gasteiger charge is -2.21. The first-order valence-electron chi connectivity index (χ1n) is 10.3. The van der Waals surface area contributed by atoms with Crippen molar-refractivity contribution in [3.05, 3.63) is 41.6 Å². The van der Waals surface area contributed by atoms with Gasteiger partial charge in [0.25, 0.3) is 0 Å². The molecule has 0 unspecified atom stereocenters. The number of unbranched alkanes of at least 4 members (excludes halogenated alkanes) is 2. The summed E-state index contributed by atoms with van der Waals surface area (Å²) in [6.07, 6.45) is 14.8. The van der Waals surface area contributed by atoms with E-state index in [0.29, 0.717) is 0 Å². The Morgan fingerprint density at radius 1 is 1.04 bits per heavy atom. The van der Waals surface area contributed by atoms with Crippen molar-refractivity contribution in [3.8, 4) is 0 Å².